The van der Waals surface area contributed by atoms with Gasteiger partial charge >= 0.3 is 0 Å². The maximum absolute atomic E-state index is 10.1. The normalized spacial score (nSPS) is 12.0. The Hall–Kier alpha value is -2.50. The van der Waals surface area contributed by atoms with Gasteiger partial charge in [-0.1, -0.05) is 37.1 Å². The number of aromatic nitrogens is 3. The van der Waals surface area contributed by atoms with Crippen molar-refractivity contribution < 1.29 is 5.11 Å². The molecule has 5 nitrogen and oxygen atoms in total. The zero-order chi connectivity index (χ0) is 17.6. The summed E-state index contributed by atoms with van der Waals surface area (Å²) < 4.78 is 0. The second kappa shape index (κ2) is 8.05. The summed E-state index contributed by atoms with van der Waals surface area (Å²) in [4.78, 5) is 13.3. The van der Waals surface area contributed by atoms with Gasteiger partial charge in [-0.25, -0.2) is 9.97 Å². The van der Waals surface area contributed by atoms with E-state index in [1.165, 1.54) is 0 Å². The van der Waals surface area contributed by atoms with Crippen LogP contribution in [0.3, 0.4) is 0 Å². The molecule has 3 rings (SSSR count). The highest BCUT2D eigenvalue weighted by molar-refractivity contribution is 6.30. The van der Waals surface area contributed by atoms with Crippen molar-refractivity contribution in [3.8, 4) is 22.6 Å². The van der Waals surface area contributed by atoms with E-state index >= 15 is 0 Å². The lowest BCUT2D eigenvalue weighted by atomic mass is 10.1. The van der Waals surface area contributed by atoms with E-state index in [2.05, 4.69) is 20.3 Å². The molecule has 0 amide bonds. The van der Waals surface area contributed by atoms with E-state index in [0.29, 0.717) is 23.1 Å². The Balaban J connectivity index is 2.03. The van der Waals surface area contributed by atoms with Crippen molar-refractivity contribution in [1.29, 1.82) is 0 Å². The number of halogens is 1. The molecule has 0 bridgehead atoms. The highest BCUT2D eigenvalue weighted by Gasteiger charge is 2.11. The average Bonchev–Trinajstić information content (AvgIpc) is 2.63. The molecule has 0 saturated heterocycles. The van der Waals surface area contributed by atoms with E-state index in [1.807, 2.05) is 49.4 Å². The molecule has 1 aromatic carbocycles. The van der Waals surface area contributed by atoms with E-state index < -0.39 is 6.23 Å². The number of hydrogen-bond donors (Lipinski definition) is 2. The monoisotopic (exact) mass is 354 g/mol. The first kappa shape index (κ1) is 17.3. The van der Waals surface area contributed by atoms with Gasteiger partial charge in [0.05, 0.1) is 5.69 Å². The lowest BCUT2D eigenvalue weighted by molar-refractivity contribution is 0.191. The van der Waals surface area contributed by atoms with Gasteiger partial charge in [0.15, 0.2) is 5.82 Å². The number of pyridine rings is 1. The SMILES string of the molecule is CCCC(O)Nc1cc(-c2ccc(Cl)cc2)nc(-c2cccnc2)n1. The first-order valence-electron chi connectivity index (χ1n) is 8.15. The lowest BCUT2D eigenvalue weighted by Gasteiger charge is -2.14. The van der Waals surface area contributed by atoms with E-state index in [-0.39, 0.29) is 0 Å². The predicted molar refractivity (Wildman–Crippen MR) is 100 cm³/mol. The summed E-state index contributed by atoms with van der Waals surface area (Å²) in [7, 11) is 0. The fourth-order valence-electron chi connectivity index (χ4n) is 2.43. The maximum atomic E-state index is 10.1. The van der Waals surface area contributed by atoms with Gasteiger partial charge in [-0.05, 0) is 30.7 Å². The van der Waals surface area contributed by atoms with Crippen molar-refractivity contribution >= 4 is 17.4 Å². The largest absolute Gasteiger partial charge is 0.374 e. The van der Waals surface area contributed by atoms with E-state index in [9.17, 15) is 5.11 Å². The molecule has 0 spiro atoms. The smallest absolute Gasteiger partial charge is 0.163 e. The van der Waals surface area contributed by atoms with Crippen LogP contribution in [0.15, 0.2) is 54.9 Å². The van der Waals surface area contributed by atoms with Crippen LogP contribution >= 0.6 is 11.6 Å². The summed E-state index contributed by atoms with van der Waals surface area (Å²) in [6.07, 6.45) is 4.28. The molecule has 0 aliphatic heterocycles. The van der Waals surface area contributed by atoms with E-state index in [4.69, 9.17) is 11.6 Å². The number of nitrogens with zero attached hydrogens (tertiary/aromatic N) is 3. The number of benzene rings is 1. The molecule has 6 heteroatoms. The molecule has 1 atom stereocenters. The van der Waals surface area contributed by atoms with Crippen LogP contribution in [-0.2, 0) is 0 Å². The molecule has 0 aliphatic carbocycles. The minimum Gasteiger partial charge on any atom is -0.374 e. The quantitative estimate of drug-likeness (QED) is 0.642. The number of nitrogens with one attached hydrogen (secondary N) is 1. The van der Waals surface area contributed by atoms with Gasteiger partial charge in [-0.15, -0.1) is 0 Å². The van der Waals surface area contributed by atoms with Crippen molar-refractivity contribution in [3.63, 3.8) is 0 Å². The second-order valence-electron chi connectivity index (χ2n) is 5.66. The molecular weight excluding hydrogens is 336 g/mol. The third kappa shape index (κ3) is 4.53. The number of rotatable bonds is 6. The number of aliphatic hydroxyl groups excluding tert-OH is 1. The molecule has 3 aromatic rings. The zero-order valence-corrected chi connectivity index (χ0v) is 14.6. The van der Waals surface area contributed by atoms with Gasteiger partial charge in [0.25, 0.3) is 0 Å². The summed E-state index contributed by atoms with van der Waals surface area (Å²) in [5.41, 5.74) is 2.48. The molecule has 2 heterocycles. The highest BCUT2D eigenvalue weighted by atomic mass is 35.5. The Morgan fingerprint density at radius 3 is 2.60 bits per heavy atom. The topological polar surface area (TPSA) is 70.9 Å². The molecule has 1 unspecified atom stereocenters. The van der Waals surface area contributed by atoms with Crippen LogP contribution in [0.4, 0.5) is 5.82 Å². The van der Waals surface area contributed by atoms with Crippen LogP contribution in [0.25, 0.3) is 22.6 Å². The van der Waals surface area contributed by atoms with Crippen molar-refractivity contribution in [2.45, 2.75) is 26.0 Å². The summed E-state index contributed by atoms with van der Waals surface area (Å²) in [5.74, 6) is 1.12. The van der Waals surface area contributed by atoms with Gasteiger partial charge in [-0.3, -0.25) is 4.98 Å². The molecule has 0 saturated carbocycles. The van der Waals surface area contributed by atoms with Crippen LogP contribution in [0.5, 0.6) is 0 Å². The van der Waals surface area contributed by atoms with Gasteiger partial charge in [0, 0.05) is 34.6 Å². The fourth-order valence-corrected chi connectivity index (χ4v) is 2.56. The van der Waals surface area contributed by atoms with Crippen LogP contribution in [0.1, 0.15) is 19.8 Å². The van der Waals surface area contributed by atoms with Crippen molar-refractivity contribution in [3.05, 3.63) is 59.9 Å². The van der Waals surface area contributed by atoms with Crippen molar-refractivity contribution in [1.82, 2.24) is 15.0 Å². The molecular formula is C19H19ClN4O. The zero-order valence-electron chi connectivity index (χ0n) is 13.9. The van der Waals surface area contributed by atoms with Crippen molar-refractivity contribution in [2.24, 2.45) is 0 Å². The summed E-state index contributed by atoms with van der Waals surface area (Å²) in [5, 5.41) is 13.8. The van der Waals surface area contributed by atoms with Gasteiger partial charge in [0.1, 0.15) is 12.0 Å². The molecule has 25 heavy (non-hydrogen) atoms. The first-order chi connectivity index (χ1) is 12.2. The molecule has 0 aliphatic rings. The number of hydrogen-bond acceptors (Lipinski definition) is 5. The minimum absolute atomic E-state index is 0.548. The third-order valence-corrected chi connectivity index (χ3v) is 3.91. The summed E-state index contributed by atoms with van der Waals surface area (Å²) in [6.45, 7) is 2.02. The first-order valence-corrected chi connectivity index (χ1v) is 8.53. The van der Waals surface area contributed by atoms with Crippen LogP contribution in [-0.4, -0.2) is 26.3 Å². The summed E-state index contributed by atoms with van der Waals surface area (Å²) in [6, 6.07) is 13.0. The molecule has 2 aromatic heterocycles. The second-order valence-corrected chi connectivity index (χ2v) is 6.10. The fraction of sp³-hybridized carbons (Fsp3) is 0.211. The van der Waals surface area contributed by atoms with E-state index in [1.54, 1.807) is 12.4 Å². The Morgan fingerprint density at radius 2 is 1.92 bits per heavy atom. The van der Waals surface area contributed by atoms with Gasteiger partial charge < -0.3 is 10.4 Å². The van der Waals surface area contributed by atoms with Crippen LogP contribution in [0, 0.1) is 0 Å². The average molecular weight is 355 g/mol. The maximum Gasteiger partial charge on any atom is 0.163 e. The standard InChI is InChI=1S/C19H19ClN4O/c1-2-4-18(25)23-17-11-16(13-6-8-15(20)9-7-13)22-19(24-17)14-5-3-10-21-12-14/h3,5-12,18,25H,2,4H2,1H3,(H,22,23,24). The van der Waals surface area contributed by atoms with Gasteiger partial charge in [0.2, 0.25) is 0 Å². The highest BCUT2D eigenvalue weighted by Crippen LogP contribution is 2.25. The van der Waals surface area contributed by atoms with E-state index in [0.717, 1.165) is 23.2 Å². The Labute approximate surface area is 151 Å². The molecule has 128 valence electrons. The molecule has 0 fully saturated rings. The Kier molecular flexibility index (Phi) is 5.58. The Morgan fingerprint density at radius 1 is 1.12 bits per heavy atom. The van der Waals surface area contributed by atoms with Crippen molar-refractivity contribution in [2.75, 3.05) is 5.32 Å². The third-order valence-electron chi connectivity index (χ3n) is 3.66. The Bertz CT molecular complexity index is 825. The number of aliphatic hydroxyl groups is 1. The number of anilines is 1. The van der Waals surface area contributed by atoms with Crippen LogP contribution < -0.4 is 5.32 Å². The van der Waals surface area contributed by atoms with Crippen LogP contribution in [0.2, 0.25) is 5.02 Å². The minimum atomic E-state index is -0.653. The van der Waals surface area contributed by atoms with Gasteiger partial charge in [-0.2, -0.15) is 0 Å². The summed E-state index contributed by atoms with van der Waals surface area (Å²) >= 11 is 5.97. The molecule has 0 radical (unpaired) electrons. The predicted octanol–water partition coefficient (Wildman–Crippen LogP) is 4.39. The lowest BCUT2D eigenvalue weighted by Crippen LogP contribution is -2.19. The molecule has 2 N–H and O–H groups in total.